The normalized spacial score (nSPS) is 11.8. The SMILES string of the molecule is Cc1cnc(CCNS(=O)(=O)Cc2ccc(Cl)cc2Cl)s1. The molecule has 1 N–H and O–H groups in total. The van der Waals surface area contributed by atoms with Crippen LogP contribution in [0, 0.1) is 6.92 Å². The van der Waals surface area contributed by atoms with E-state index < -0.39 is 10.0 Å². The van der Waals surface area contributed by atoms with E-state index in [1.54, 1.807) is 29.7 Å². The van der Waals surface area contributed by atoms with Crippen molar-refractivity contribution in [2.75, 3.05) is 6.54 Å². The first kappa shape index (κ1) is 16.7. The van der Waals surface area contributed by atoms with Crippen LogP contribution in [0.1, 0.15) is 15.4 Å². The van der Waals surface area contributed by atoms with Crippen molar-refractivity contribution in [2.24, 2.45) is 0 Å². The fourth-order valence-electron chi connectivity index (χ4n) is 1.72. The van der Waals surface area contributed by atoms with E-state index in [4.69, 9.17) is 23.2 Å². The lowest BCUT2D eigenvalue weighted by molar-refractivity contribution is 0.580. The highest BCUT2D eigenvalue weighted by Gasteiger charge is 2.14. The Kier molecular flexibility index (Phi) is 5.62. The zero-order valence-corrected chi connectivity index (χ0v) is 14.4. The van der Waals surface area contributed by atoms with Crippen LogP contribution in [-0.2, 0) is 22.2 Å². The molecular formula is C13H14Cl2N2O2S2. The van der Waals surface area contributed by atoms with Crippen molar-refractivity contribution in [2.45, 2.75) is 19.1 Å². The topological polar surface area (TPSA) is 59.1 Å². The molecule has 1 aromatic heterocycles. The van der Waals surface area contributed by atoms with Gasteiger partial charge in [0.05, 0.1) is 10.8 Å². The maximum absolute atomic E-state index is 12.0. The molecule has 0 amide bonds. The van der Waals surface area contributed by atoms with Gasteiger partial charge in [0, 0.05) is 34.1 Å². The van der Waals surface area contributed by atoms with Gasteiger partial charge in [0.15, 0.2) is 0 Å². The number of halogens is 2. The van der Waals surface area contributed by atoms with Crippen LogP contribution in [0.15, 0.2) is 24.4 Å². The molecule has 0 aliphatic carbocycles. The molecule has 0 spiro atoms. The summed E-state index contributed by atoms with van der Waals surface area (Å²) in [4.78, 5) is 5.30. The Balaban J connectivity index is 1.92. The van der Waals surface area contributed by atoms with Crippen LogP contribution in [0.25, 0.3) is 0 Å². The zero-order valence-electron chi connectivity index (χ0n) is 11.3. The number of rotatable bonds is 6. The minimum atomic E-state index is -3.43. The van der Waals surface area contributed by atoms with Gasteiger partial charge in [-0.1, -0.05) is 29.3 Å². The fraction of sp³-hybridized carbons (Fsp3) is 0.308. The Hall–Kier alpha value is -0.660. The number of thiazole rings is 1. The predicted octanol–water partition coefficient (Wildman–Crippen LogP) is 3.42. The highest BCUT2D eigenvalue weighted by atomic mass is 35.5. The molecule has 21 heavy (non-hydrogen) atoms. The summed E-state index contributed by atoms with van der Waals surface area (Å²) in [5.74, 6) is -0.167. The minimum Gasteiger partial charge on any atom is -0.249 e. The van der Waals surface area contributed by atoms with Gasteiger partial charge in [0.25, 0.3) is 0 Å². The molecule has 0 aliphatic heterocycles. The van der Waals surface area contributed by atoms with Gasteiger partial charge in [-0.3, -0.25) is 0 Å². The van der Waals surface area contributed by atoms with Gasteiger partial charge in [-0.05, 0) is 24.6 Å². The van der Waals surface area contributed by atoms with Gasteiger partial charge in [0.2, 0.25) is 10.0 Å². The predicted molar refractivity (Wildman–Crippen MR) is 87.6 cm³/mol. The number of aryl methyl sites for hydroxylation is 1. The summed E-state index contributed by atoms with van der Waals surface area (Å²) in [6, 6.07) is 4.77. The summed E-state index contributed by atoms with van der Waals surface area (Å²) < 4.78 is 26.6. The Bertz CT molecular complexity index is 730. The smallest absolute Gasteiger partial charge is 0.215 e. The van der Waals surface area contributed by atoms with Crippen LogP contribution in [-0.4, -0.2) is 19.9 Å². The monoisotopic (exact) mass is 364 g/mol. The molecule has 2 rings (SSSR count). The molecule has 4 nitrogen and oxygen atoms in total. The van der Waals surface area contributed by atoms with Gasteiger partial charge in [-0.25, -0.2) is 18.1 Å². The third-order valence-corrected chi connectivity index (χ3v) is 5.59. The number of aromatic nitrogens is 1. The average molecular weight is 365 g/mol. The lowest BCUT2D eigenvalue weighted by atomic mass is 10.2. The number of hydrogen-bond donors (Lipinski definition) is 1. The van der Waals surface area contributed by atoms with Crippen molar-refractivity contribution in [1.29, 1.82) is 0 Å². The van der Waals surface area contributed by atoms with Crippen molar-refractivity contribution in [3.05, 3.63) is 49.9 Å². The second-order valence-corrected chi connectivity index (χ2v) is 8.47. The second kappa shape index (κ2) is 7.07. The molecule has 0 bridgehead atoms. The van der Waals surface area contributed by atoms with Crippen LogP contribution in [0.2, 0.25) is 10.0 Å². The first-order valence-corrected chi connectivity index (χ1v) is 9.41. The van der Waals surface area contributed by atoms with Crippen molar-refractivity contribution >= 4 is 44.6 Å². The summed E-state index contributed by atoms with van der Waals surface area (Å²) in [6.45, 7) is 2.29. The summed E-state index contributed by atoms with van der Waals surface area (Å²) in [6.07, 6.45) is 2.36. The van der Waals surface area contributed by atoms with Crippen molar-refractivity contribution in [3.8, 4) is 0 Å². The molecule has 8 heteroatoms. The fourth-order valence-corrected chi connectivity index (χ4v) is 4.24. The highest BCUT2D eigenvalue weighted by Crippen LogP contribution is 2.22. The number of sulfonamides is 1. The molecule has 2 aromatic rings. The lowest BCUT2D eigenvalue weighted by Gasteiger charge is -2.07. The van der Waals surface area contributed by atoms with Crippen LogP contribution < -0.4 is 4.72 Å². The van der Waals surface area contributed by atoms with E-state index >= 15 is 0 Å². The molecule has 0 aliphatic rings. The average Bonchev–Trinajstić information content (AvgIpc) is 2.78. The number of hydrogen-bond acceptors (Lipinski definition) is 4. The lowest BCUT2D eigenvalue weighted by Crippen LogP contribution is -2.27. The first-order valence-electron chi connectivity index (χ1n) is 6.18. The van der Waals surface area contributed by atoms with Gasteiger partial charge in [0.1, 0.15) is 0 Å². The van der Waals surface area contributed by atoms with Gasteiger partial charge >= 0.3 is 0 Å². The third-order valence-electron chi connectivity index (χ3n) is 2.69. The Morgan fingerprint density at radius 1 is 1.33 bits per heavy atom. The summed E-state index contributed by atoms with van der Waals surface area (Å²) >= 11 is 13.3. The van der Waals surface area contributed by atoms with Gasteiger partial charge in [-0.15, -0.1) is 11.3 Å². The number of nitrogens with one attached hydrogen (secondary N) is 1. The third kappa shape index (κ3) is 5.23. The summed E-state index contributed by atoms with van der Waals surface area (Å²) in [5.41, 5.74) is 0.527. The van der Waals surface area contributed by atoms with Crippen molar-refractivity contribution in [3.63, 3.8) is 0 Å². The maximum atomic E-state index is 12.0. The van der Waals surface area contributed by atoms with Crippen molar-refractivity contribution < 1.29 is 8.42 Å². The van der Waals surface area contributed by atoms with Gasteiger partial charge < -0.3 is 0 Å². The molecule has 114 valence electrons. The van der Waals surface area contributed by atoms with Crippen molar-refractivity contribution in [1.82, 2.24) is 9.71 Å². The molecule has 0 saturated carbocycles. The minimum absolute atomic E-state index is 0.167. The number of benzene rings is 1. The molecule has 1 heterocycles. The molecule has 0 radical (unpaired) electrons. The quantitative estimate of drug-likeness (QED) is 0.853. The van der Waals surface area contributed by atoms with Crippen LogP contribution >= 0.6 is 34.5 Å². The first-order chi connectivity index (χ1) is 9.85. The number of nitrogens with zero attached hydrogens (tertiary/aromatic N) is 1. The van der Waals surface area contributed by atoms with E-state index in [1.807, 2.05) is 6.92 Å². The molecule has 0 unspecified atom stereocenters. The van der Waals surface area contributed by atoms with E-state index in [1.165, 1.54) is 6.07 Å². The van der Waals surface area contributed by atoms with E-state index in [0.29, 0.717) is 28.6 Å². The molecule has 0 saturated heterocycles. The zero-order chi connectivity index (χ0) is 15.5. The van der Waals surface area contributed by atoms with E-state index in [9.17, 15) is 8.42 Å². The Morgan fingerprint density at radius 3 is 2.71 bits per heavy atom. The Morgan fingerprint density at radius 2 is 2.10 bits per heavy atom. The maximum Gasteiger partial charge on any atom is 0.215 e. The molecular weight excluding hydrogens is 351 g/mol. The second-order valence-electron chi connectivity index (χ2n) is 4.50. The standard InChI is InChI=1S/C13H14Cl2N2O2S2/c1-9-7-16-13(20-9)4-5-17-21(18,19)8-10-2-3-11(14)6-12(10)15/h2-3,6-7,17H,4-5,8H2,1H3. The summed E-state index contributed by atoms with van der Waals surface area (Å²) in [7, 11) is -3.43. The van der Waals surface area contributed by atoms with Crippen LogP contribution in [0.4, 0.5) is 0 Å². The van der Waals surface area contributed by atoms with E-state index in [2.05, 4.69) is 9.71 Å². The summed E-state index contributed by atoms with van der Waals surface area (Å²) in [5, 5.41) is 1.75. The molecule has 0 fully saturated rings. The highest BCUT2D eigenvalue weighted by molar-refractivity contribution is 7.88. The molecule has 1 aromatic carbocycles. The van der Waals surface area contributed by atoms with Crippen LogP contribution in [0.5, 0.6) is 0 Å². The Labute approximate surface area is 138 Å². The largest absolute Gasteiger partial charge is 0.249 e. The van der Waals surface area contributed by atoms with E-state index in [0.717, 1.165) is 9.88 Å². The van der Waals surface area contributed by atoms with E-state index in [-0.39, 0.29) is 5.75 Å². The van der Waals surface area contributed by atoms with Gasteiger partial charge in [-0.2, -0.15) is 0 Å². The molecule has 0 atom stereocenters. The van der Waals surface area contributed by atoms with Crippen LogP contribution in [0.3, 0.4) is 0 Å².